The molecule has 2 aromatic rings. The standard InChI is InChI=1S/C17H18N2OS/c1-2-11-6-3-4-9-15(11)20-17-13(16(18)21)10-12-7-5-8-14(12)19-17/h3-4,6,9-10H,2,5,7-8H2,1H3,(H2,18,21). The molecule has 0 saturated heterocycles. The molecule has 0 unspecified atom stereocenters. The molecule has 0 atom stereocenters. The quantitative estimate of drug-likeness (QED) is 0.877. The van der Waals surface area contributed by atoms with Gasteiger partial charge in [-0.05, 0) is 48.9 Å². The Labute approximate surface area is 130 Å². The fourth-order valence-corrected chi connectivity index (χ4v) is 2.85. The molecule has 1 aliphatic carbocycles. The highest BCUT2D eigenvalue weighted by Gasteiger charge is 2.19. The average molecular weight is 298 g/mol. The first kappa shape index (κ1) is 14.0. The van der Waals surface area contributed by atoms with Gasteiger partial charge in [-0.15, -0.1) is 0 Å². The van der Waals surface area contributed by atoms with Crippen molar-refractivity contribution in [2.24, 2.45) is 5.73 Å². The van der Waals surface area contributed by atoms with Crippen molar-refractivity contribution in [3.63, 3.8) is 0 Å². The Morgan fingerprint density at radius 1 is 1.33 bits per heavy atom. The maximum absolute atomic E-state index is 6.04. The Morgan fingerprint density at radius 3 is 2.90 bits per heavy atom. The van der Waals surface area contributed by atoms with Crippen molar-refractivity contribution in [1.29, 1.82) is 0 Å². The highest BCUT2D eigenvalue weighted by atomic mass is 32.1. The van der Waals surface area contributed by atoms with E-state index in [0.29, 0.717) is 10.9 Å². The molecule has 0 aliphatic heterocycles. The van der Waals surface area contributed by atoms with Gasteiger partial charge in [0, 0.05) is 5.69 Å². The summed E-state index contributed by atoms with van der Waals surface area (Å²) in [5, 5.41) is 0. The van der Waals surface area contributed by atoms with E-state index in [0.717, 1.165) is 48.3 Å². The van der Waals surface area contributed by atoms with E-state index in [4.69, 9.17) is 22.7 Å². The Morgan fingerprint density at radius 2 is 2.14 bits per heavy atom. The van der Waals surface area contributed by atoms with Crippen molar-refractivity contribution in [2.45, 2.75) is 32.6 Å². The van der Waals surface area contributed by atoms with E-state index < -0.39 is 0 Å². The van der Waals surface area contributed by atoms with E-state index in [9.17, 15) is 0 Å². The van der Waals surface area contributed by atoms with Gasteiger partial charge in [0.05, 0.1) is 5.56 Å². The molecule has 21 heavy (non-hydrogen) atoms. The third-order valence-electron chi connectivity index (χ3n) is 3.84. The molecule has 0 saturated carbocycles. The van der Waals surface area contributed by atoms with Gasteiger partial charge < -0.3 is 10.5 Å². The zero-order valence-corrected chi connectivity index (χ0v) is 12.9. The molecule has 1 aromatic carbocycles. The number of rotatable bonds is 4. The maximum atomic E-state index is 6.04. The first-order valence-corrected chi connectivity index (χ1v) is 7.68. The molecule has 2 N–H and O–H groups in total. The van der Waals surface area contributed by atoms with Crippen LogP contribution in [0.3, 0.4) is 0 Å². The van der Waals surface area contributed by atoms with E-state index in [2.05, 4.69) is 18.0 Å². The number of aromatic nitrogens is 1. The van der Waals surface area contributed by atoms with Gasteiger partial charge in [0.15, 0.2) is 0 Å². The maximum Gasteiger partial charge on any atom is 0.229 e. The molecular weight excluding hydrogens is 280 g/mol. The molecule has 0 spiro atoms. The predicted molar refractivity (Wildman–Crippen MR) is 88.0 cm³/mol. The van der Waals surface area contributed by atoms with Gasteiger partial charge in [0.2, 0.25) is 5.88 Å². The minimum atomic E-state index is 0.334. The lowest BCUT2D eigenvalue weighted by Gasteiger charge is -2.13. The second kappa shape index (κ2) is 5.82. The lowest BCUT2D eigenvalue weighted by molar-refractivity contribution is 0.455. The summed E-state index contributed by atoms with van der Waals surface area (Å²) in [6.07, 6.45) is 4.08. The average Bonchev–Trinajstić information content (AvgIpc) is 2.94. The van der Waals surface area contributed by atoms with E-state index >= 15 is 0 Å². The monoisotopic (exact) mass is 298 g/mol. The zero-order valence-electron chi connectivity index (χ0n) is 12.1. The number of fused-ring (bicyclic) bond motifs is 1. The lowest BCUT2D eigenvalue weighted by Crippen LogP contribution is -2.13. The largest absolute Gasteiger partial charge is 0.438 e. The number of nitrogens with two attached hydrogens (primary N) is 1. The Hall–Kier alpha value is -1.94. The number of ether oxygens (including phenoxy) is 1. The first-order valence-electron chi connectivity index (χ1n) is 7.27. The normalized spacial score (nSPS) is 13.0. The SMILES string of the molecule is CCc1ccccc1Oc1nc2c(cc1C(N)=S)CCC2. The first-order chi connectivity index (χ1) is 10.2. The van der Waals surface area contributed by atoms with Crippen LogP contribution in [0.1, 0.15) is 35.7 Å². The van der Waals surface area contributed by atoms with Crippen LogP contribution in [0.25, 0.3) is 0 Å². The summed E-state index contributed by atoms with van der Waals surface area (Å²) in [5.41, 5.74) is 10.1. The second-order valence-electron chi connectivity index (χ2n) is 5.23. The molecule has 0 fully saturated rings. The molecule has 3 nitrogen and oxygen atoms in total. The van der Waals surface area contributed by atoms with Crippen molar-refractivity contribution in [2.75, 3.05) is 0 Å². The van der Waals surface area contributed by atoms with Crippen LogP contribution in [0.2, 0.25) is 0 Å². The number of thiocarbonyl (C=S) groups is 1. The van der Waals surface area contributed by atoms with Crippen molar-refractivity contribution < 1.29 is 4.74 Å². The summed E-state index contributed by atoms with van der Waals surface area (Å²) in [6.45, 7) is 2.10. The van der Waals surface area contributed by atoms with Crippen LogP contribution in [0.15, 0.2) is 30.3 Å². The highest BCUT2D eigenvalue weighted by molar-refractivity contribution is 7.80. The van der Waals surface area contributed by atoms with Crippen molar-refractivity contribution >= 4 is 17.2 Å². The fourth-order valence-electron chi connectivity index (χ4n) is 2.71. The van der Waals surface area contributed by atoms with Crippen LogP contribution >= 0.6 is 12.2 Å². The van der Waals surface area contributed by atoms with Crippen LogP contribution in [0.4, 0.5) is 0 Å². The molecule has 0 bridgehead atoms. The number of benzene rings is 1. The highest BCUT2D eigenvalue weighted by Crippen LogP contribution is 2.31. The summed E-state index contributed by atoms with van der Waals surface area (Å²) >= 11 is 5.16. The molecule has 3 rings (SSSR count). The third-order valence-corrected chi connectivity index (χ3v) is 4.06. The second-order valence-corrected chi connectivity index (χ2v) is 5.67. The number of nitrogens with zero attached hydrogens (tertiary/aromatic N) is 1. The Kier molecular flexibility index (Phi) is 3.88. The molecule has 0 radical (unpaired) electrons. The minimum absolute atomic E-state index is 0.334. The number of para-hydroxylation sites is 1. The Balaban J connectivity index is 2.03. The summed E-state index contributed by atoms with van der Waals surface area (Å²) in [4.78, 5) is 4.99. The third kappa shape index (κ3) is 2.76. The van der Waals surface area contributed by atoms with Gasteiger partial charge in [-0.1, -0.05) is 37.3 Å². The lowest BCUT2D eigenvalue weighted by atomic mass is 10.1. The van der Waals surface area contributed by atoms with Crippen molar-refractivity contribution in [1.82, 2.24) is 4.98 Å². The number of pyridine rings is 1. The van der Waals surface area contributed by atoms with Gasteiger partial charge in [-0.2, -0.15) is 0 Å². The van der Waals surface area contributed by atoms with E-state index in [1.165, 1.54) is 5.56 Å². The van der Waals surface area contributed by atoms with Crippen LogP contribution in [0, 0.1) is 0 Å². The van der Waals surface area contributed by atoms with E-state index in [-0.39, 0.29) is 0 Å². The molecule has 0 amide bonds. The number of hydrogen-bond acceptors (Lipinski definition) is 3. The van der Waals surface area contributed by atoms with Gasteiger partial charge in [0.25, 0.3) is 0 Å². The summed E-state index contributed by atoms with van der Waals surface area (Å²) in [5.74, 6) is 1.35. The molecule has 4 heteroatoms. The Bertz CT molecular complexity index is 697. The molecule has 1 aliphatic rings. The van der Waals surface area contributed by atoms with Gasteiger partial charge in [-0.25, -0.2) is 4.98 Å². The molecule has 1 aromatic heterocycles. The van der Waals surface area contributed by atoms with Crippen LogP contribution in [0.5, 0.6) is 11.6 Å². The zero-order chi connectivity index (χ0) is 14.8. The molecular formula is C17H18N2OS. The number of aryl methyl sites for hydroxylation is 3. The fraction of sp³-hybridized carbons (Fsp3) is 0.294. The summed E-state index contributed by atoms with van der Waals surface area (Å²) < 4.78 is 6.04. The summed E-state index contributed by atoms with van der Waals surface area (Å²) in [6, 6.07) is 10.0. The van der Waals surface area contributed by atoms with Crippen LogP contribution in [-0.2, 0) is 19.3 Å². The van der Waals surface area contributed by atoms with Gasteiger partial charge >= 0.3 is 0 Å². The van der Waals surface area contributed by atoms with Crippen LogP contribution < -0.4 is 10.5 Å². The van der Waals surface area contributed by atoms with Crippen molar-refractivity contribution in [3.05, 3.63) is 52.7 Å². The van der Waals surface area contributed by atoms with Crippen LogP contribution in [-0.4, -0.2) is 9.97 Å². The molecule has 108 valence electrons. The number of hydrogen-bond donors (Lipinski definition) is 1. The summed E-state index contributed by atoms with van der Waals surface area (Å²) in [7, 11) is 0. The van der Waals surface area contributed by atoms with E-state index in [1.807, 2.05) is 24.3 Å². The minimum Gasteiger partial charge on any atom is -0.438 e. The topological polar surface area (TPSA) is 48.1 Å². The predicted octanol–water partition coefficient (Wildman–Crippen LogP) is 3.56. The molecule has 1 heterocycles. The smallest absolute Gasteiger partial charge is 0.229 e. The van der Waals surface area contributed by atoms with Crippen molar-refractivity contribution in [3.8, 4) is 11.6 Å². The van der Waals surface area contributed by atoms with E-state index in [1.54, 1.807) is 0 Å². The van der Waals surface area contributed by atoms with Gasteiger partial charge in [-0.3, -0.25) is 0 Å². The van der Waals surface area contributed by atoms with Gasteiger partial charge in [0.1, 0.15) is 10.7 Å².